The Morgan fingerprint density at radius 1 is 1.39 bits per heavy atom. The number of pyridine rings is 1. The van der Waals surface area contributed by atoms with Crippen LogP contribution in [0.15, 0.2) is 35.9 Å². The third kappa shape index (κ3) is 2.84. The van der Waals surface area contributed by atoms with Crippen molar-refractivity contribution in [3.05, 3.63) is 51.9 Å². The Hall–Kier alpha value is -1.94. The van der Waals surface area contributed by atoms with Gasteiger partial charge in [-0.1, -0.05) is 0 Å². The molecule has 0 unspecified atom stereocenters. The monoisotopic (exact) mass is 259 g/mol. The zero-order chi connectivity index (χ0) is 13.0. The Kier molecular flexibility index (Phi) is 3.89. The molecule has 2 aromatic rings. The maximum absolute atomic E-state index is 11.9. The Morgan fingerprint density at radius 2 is 2.22 bits per heavy atom. The van der Waals surface area contributed by atoms with Crippen LogP contribution in [-0.2, 0) is 0 Å². The van der Waals surface area contributed by atoms with E-state index >= 15 is 0 Å². The fourth-order valence-corrected chi connectivity index (χ4v) is 2.33. The molecular formula is C14H13NO2S. The largest absolute Gasteiger partial charge is 0.481 e. The topological polar surface area (TPSA) is 39.2 Å². The average Bonchev–Trinajstić information content (AvgIpc) is 2.83. The van der Waals surface area contributed by atoms with E-state index in [0.29, 0.717) is 5.88 Å². The number of ether oxygens (including phenoxy) is 1. The van der Waals surface area contributed by atoms with Crippen LogP contribution in [0, 0.1) is 6.92 Å². The number of carbonyl (C=O) groups excluding carboxylic acids is 1. The fourth-order valence-electron chi connectivity index (χ4n) is 1.48. The van der Waals surface area contributed by atoms with Gasteiger partial charge in [-0.25, -0.2) is 4.98 Å². The van der Waals surface area contributed by atoms with Gasteiger partial charge in [0.25, 0.3) is 0 Å². The van der Waals surface area contributed by atoms with Gasteiger partial charge >= 0.3 is 0 Å². The van der Waals surface area contributed by atoms with Crippen LogP contribution in [0.2, 0.25) is 0 Å². The van der Waals surface area contributed by atoms with E-state index in [0.717, 1.165) is 16.0 Å². The Balaban J connectivity index is 2.11. The molecule has 18 heavy (non-hydrogen) atoms. The predicted molar refractivity (Wildman–Crippen MR) is 73.2 cm³/mol. The molecular weight excluding hydrogens is 246 g/mol. The molecule has 0 spiro atoms. The van der Waals surface area contributed by atoms with Gasteiger partial charge in [0.1, 0.15) is 0 Å². The Bertz CT molecular complexity index is 570. The summed E-state index contributed by atoms with van der Waals surface area (Å²) in [7, 11) is 1.57. The minimum atomic E-state index is 0.0262. The molecule has 0 saturated heterocycles. The second-order valence-corrected chi connectivity index (χ2v) is 4.68. The van der Waals surface area contributed by atoms with Crippen LogP contribution in [0.3, 0.4) is 0 Å². The molecule has 0 aromatic carbocycles. The van der Waals surface area contributed by atoms with Crippen molar-refractivity contribution in [2.45, 2.75) is 6.92 Å². The number of thiophene rings is 1. The molecule has 3 nitrogen and oxygen atoms in total. The highest BCUT2D eigenvalue weighted by atomic mass is 32.1. The highest BCUT2D eigenvalue weighted by Crippen LogP contribution is 2.17. The van der Waals surface area contributed by atoms with E-state index in [9.17, 15) is 4.79 Å². The standard InChI is InChI=1S/C14H13NO2S/c1-10-7-8-18-14(10)12(16)5-3-11-4-6-13(17-2)15-9-11/h3-9H,1-2H3/b5-3+. The number of aryl methyl sites for hydroxylation is 1. The SMILES string of the molecule is COc1ccc(/C=C/C(=O)c2sccc2C)cn1. The average molecular weight is 259 g/mol. The van der Waals surface area contributed by atoms with Crippen LogP contribution in [0.25, 0.3) is 6.08 Å². The molecule has 2 aromatic heterocycles. The molecule has 0 radical (unpaired) electrons. The maximum Gasteiger partial charge on any atom is 0.212 e. The van der Waals surface area contributed by atoms with Crippen molar-refractivity contribution in [3.8, 4) is 5.88 Å². The number of carbonyl (C=O) groups is 1. The molecule has 2 rings (SSSR count). The van der Waals surface area contributed by atoms with Crippen molar-refractivity contribution in [2.75, 3.05) is 7.11 Å². The van der Waals surface area contributed by atoms with Gasteiger partial charge in [-0.15, -0.1) is 11.3 Å². The van der Waals surface area contributed by atoms with Crippen LogP contribution in [0.1, 0.15) is 20.8 Å². The van der Waals surface area contributed by atoms with Gasteiger partial charge in [0.05, 0.1) is 12.0 Å². The van der Waals surface area contributed by atoms with Crippen molar-refractivity contribution in [1.82, 2.24) is 4.98 Å². The number of hydrogen-bond acceptors (Lipinski definition) is 4. The first kappa shape index (κ1) is 12.5. The minimum Gasteiger partial charge on any atom is -0.481 e. The first-order valence-corrected chi connectivity index (χ1v) is 6.35. The Morgan fingerprint density at radius 3 is 2.78 bits per heavy atom. The van der Waals surface area contributed by atoms with Gasteiger partial charge in [0.2, 0.25) is 5.88 Å². The van der Waals surface area contributed by atoms with Crippen molar-refractivity contribution in [1.29, 1.82) is 0 Å². The molecule has 4 heteroatoms. The molecule has 0 bridgehead atoms. The van der Waals surface area contributed by atoms with Crippen molar-refractivity contribution in [3.63, 3.8) is 0 Å². The normalized spacial score (nSPS) is 10.8. The Labute approximate surface area is 110 Å². The lowest BCUT2D eigenvalue weighted by Crippen LogP contribution is -1.92. The number of ketones is 1. The van der Waals surface area contributed by atoms with Gasteiger partial charge in [0.15, 0.2) is 5.78 Å². The van der Waals surface area contributed by atoms with Crippen LogP contribution in [-0.4, -0.2) is 17.9 Å². The van der Waals surface area contributed by atoms with Gasteiger partial charge in [-0.05, 0) is 47.7 Å². The molecule has 92 valence electrons. The van der Waals surface area contributed by atoms with E-state index in [1.165, 1.54) is 11.3 Å². The molecule has 0 aliphatic rings. The zero-order valence-corrected chi connectivity index (χ0v) is 11.0. The molecule has 0 saturated carbocycles. The second-order valence-electron chi connectivity index (χ2n) is 3.76. The van der Waals surface area contributed by atoms with Gasteiger partial charge in [-0.3, -0.25) is 4.79 Å². The third-order valence-corrected chi connectivity index (χ3v) is 3.51. The van der Waals surface area contributed by atoms with Gasteiger partial charge in [-0.2, -0.15) is 0 Å². The first-order valence-electron chi connectivity index (χ1n) is 5.47. The summed E-state index contributed by atoms with van der Waals surface area (Å²) in [4.78, 5) is 16.8. The number of rotatable bonds is 4. The number of allylic oxidation sites excluding steroid dienone is 1. The summed E-state index contributed by atoms with van der Waals surface area (Å²) >= 11 is 1.46. The molecule has 0 amide bonds. The van der Waals surface area contributed by atoms with E-state index < -0.39 is 0 Å². The summed E-state index contributed by atoms with van der Waals surface area (Å²) in [6.45, 7) is 1.94. The number of methoxy groups -OCH3 is 1. The second kappa shape index (κ2) is 5.60. The fraction of sp³-hybridized carbons (Fsp3) is 0.143. The molecule has 0 atom stereocenters. The summed E-state index contributed by atoms with van der Waals surface area (Å²) < 4.78 is 4.97. The highest BCUT2D eigenvalue weighted by molar-refractivity contribution is 7.12. The van der Waals surface area contributed by atoms with Gasteiger partial charge in [0, 0.05) is 12.3 Å². The van der Waals surface area contributed by atoms with Crippen LogP contribution < -0.4 is 4.74 Å². The number of nitrogens with zero attached hydrogens (tertiary/aromatic N) is 1. The summed E-state index contributed by atoms with van der Waals surface area (Å²) in [6, 6.07) is 5.57. The van der Waals surface area contributed by atoms with Crippen LogP contribution >= 0.6 is 11.3 Å². The molecule has 0 N–H and O–H groups in total. The predicted octanol–water partition coefficient (Wildman–Crippen LogP) is 3.36. The quantitative estimate of drug-likeness (QED) is 0.624. The maximum atomic E-state index is 11.9. The first-order chi connectivity index (χ1) is 8.70. The molecule has 2 heterocycles. The van der Waals surface area contributed by atoms with E-state index in [2.05, 4.69) is 4.98 Å². The summed E-state index contributed by atoms with van der Waals surface area (Å²) in [5.41, 5.74) is 1.89. The lowest BCUT2D eigenvalue weighted by atomic mass is 10.2. The van der Waals surface area contributed by atoms with Crippen LogP contribution in [0.5, 0.6) is 5.88 Å². The third-order valence-electron chi connectivity index (χ3n) is 2.48. The zero-order valence-electron chi connectivity index (χ0n) is 10.2. The summed E-state index contributed by atoms with van der Waals surface area (Å²) in [5, 5.41) is 1.92. The van der Waals surface area contributed by atoms with E-state index in [-0.39, 0.29) is 5.78 Å². The smallest absolute Gasteiger partial charge is 0.212 e. The van der Waals surface area contributed by atoms with E-state index in [4.69, 9.17) is 4.74 Å². The summed E-state index contributed by atoms with van der Waals surface area (Å²) in [6.07, 6.45) is 5.00. The van der Waals surface area contributed by atoms with Crippen molar-refractivity contribution < 1.29 is 9.53 Å². The molecule has 0 aliphatic carbocycles. The summed E-state index contributed by atoms with van der Waals surface area (Å²) in [5.74, 6) is 0.589. The highest BCUT2D eigenvalue weighted by Gasteiger charge is 2.06. The molecule has 0 fully saturated rings. The lowest BCUT2D eigenvalue weighted by Gasteiger charge is -1.97. The minimum absolute atomic E-state index is 0.0262. The number of hydrogen-bond donors (Lipinski definition) is 0. The lowest BCUT2D eigenvalue weighted by molar-refractivity contribution is 0.105. The molecule has 0 aliphatic heterocycles. The van der Waals surface area contributed by atoms with Gasteiger partial charge < -0.3 is 4.74 Å². The van der Waals surface area contributed by atoms with Crippen molar-refractivity contribution in [2.24, 2.45) is 0 Å². The van der Waals surface area contributed by atoms with E-state index in [1.807, 2.05) is 24.4 Å². The van der Waals surface area contributed by atoms with Crippen LogP contribution in [0.4, 0.5) is 0 Å². The van der Waals surface area contributed by atoms with Crippen molar-refractivity contribution >= 4 is 23.2 Å². The number of aromatic nitrogens is 1. The van der Waals surface area contributed by atoms with E-state index in [1.54, 1.807) is 31.5 Å².